The monoisotopic (exact) mass is 372 g/mol. The molecule has 0 saturated heterocycles. The normalized spacial score (nSPS) is 12.8. The molecule has 0 N–H and O–H groups in total. The average molecular weight is 372 g/mol. The second-order valence-corrected chi connectivity index (χ2v) is 6.88. The summed E-state index contributed by atoms with van der Waals surface area (Å²) in [5.74, 6) is 1.33. The van der Waals surface area contributed by atoms with E-state index in [4.69, 9.17) is 9.15 Å². The van der Waals surface area contributed by atoms with Gasteiger partial charge in [-0.2, -0.15) is 0 Å². The second kappa shape index (κ2) is 6.20. The Kier molecular flexibility index (Phi) is 3.65. The van der Waals surface area contributed by atoms with Crippen LogP contribution in [0, 0.1) is 17.0 Å². The first-order valence-corrected chi connectivity index (χ1v) is 9.00. The third kappa shape index (κ3) is 2.70. The van der Waals surface area contributed by atoms with Crippen LogP contribution in [0.3, 0.4) is 0 Å². The molecule has 6 heteroatoms. The van der Waals surface area contributed by atoms with Gasteiger partial charge in [0.1, 0.15) is 11.3 Å². The summed E-state index contributed by atoms with van der Waals surface area (Å²) in [7, 11) is 0. The first-order valence-electron chi connectivity index (χ1n) is 9.00. The van der Waals surface area contributed by atoms with Crippen molar-refractivity contribution in [3.8, 4) is 28.3 Å². The first kappa shape index (κ1) is 16.5. The maximum absolute atomic E-state index is 11.2. The fourth-order valence-electron chi connectivity index (χ4n) is 3.54. The number of nitro benzene ring substituents is 1. The zero-order chi connectivity index (χ0) is 19.3. The van der Waals surface area contributed by atoms with Gasteiger partial charge in [-0.1, -0.05) is 18.2 Å². The molecule has 0 fully saturated rings. The number of hydrogen-bond acceptors (Lipinski definition) is 5. The molecule has 1 aromatic heterocycles. The Morgan fingerprint density at radius 1 is 1.00 bits per heavy atom. The molecule has 0 saturated carbocycles. The van der Waals surface area contributed by atoms with Gasteiger partial charge in [0.15, 0.2) is 5.58 Å². The molecule has 3 aromatic carbocycles. The zero-order valence-corrected chi connectivity index (χ0v) is 15.1. The number of ether oxygens (including phenoxy) is 1. The molecule has 0 spiro atoms. The molecule has 2 heterocycles. The van der Waals surface area contributed by atoms with Crippen molar-refractivity contribution in [2.45, 2.75) is 13.3 Å². The molecule has 0 unspecified atom stereocenters. The number of rotatable bonds is 3. The van der Waals surface area contributed by atoms with Crippen molar-refractivity contribution in [3.05, 3.63) is 75.8 Å². The quantitative estimate of drug-likeness (QED) is 0.359. The molecule has 0 atom stereocenters. The molecular weight excluding hydrogens is 356 g/mol. The molecule has 4 aromatic rings. The Morgan fingerprint density at radius 2 is 1.79 bits per heavy atom. The fraction of sp³-hybridized carbons (Fsp3) is 0.136. The fourth-order valence-corrected chi connectivity index (χ4v) is 3.54. The summed E-state index contributed by atoms with van der Waals surface area (Å²) in [6.45, 7) is 2.44. The lowest BCUT2D eigenvalue weighted by Crippen LogP contribution is -1.92. The van der Waals surface area contributed by atoms with E-state index in [9.17, 15) is 10.1 Å². The number of fused-ring (bicyclic) bond motifs is 2. The van der Waals surface area contributed by atoms with Crippen LogP contribution in [0.5, 0.6) is 5.75 Å². The molecule has 0 bridgehead atoms. The van der Waals surface area contributed by atoms with Crippen LogP contribution in [0.4, 0.5) is 5.69 Å². The maximum atomic E-state index is 11.2. The van der Waals surface area contributed by atoms with Crippen LogP contribution in [0.25, 0.3) is 33.7 Å². The number of aryl methyl sites for hydroxylation is 1. The number of aromatic nitrogens is 1. The van der Waals surface area contributed by atoms with Crippen LogP contribution in [0.2, 0.25) is 0 Å². The molecule has 1 aliphatic rings. The third-order valence-electron chi connectivity index (χ3n) is 5.06. The predicted molar refractivity (Wildman–Crippen MR) is 105 cm³/mol. The third-order valence-corrected chi connectivity index (χ3v) is 5.06. The highest BCUT2D eigenvalue weighted by atomic mass is 16.6. The van der Waals surface area contributed by atoms with E-state index in [0.717, 1.165) is 29.9 Å². The Labute approximate surface area is 160 Å². The second-order valence-electron chi connectivity index (χ2n) is 6.88. The van der Waals surface area contributed by atoms with E-state index in [1.807, 2.05) is 30.3 Å². The topological polar surface area (TPSA) is 78.4 Å². The van der Waals surface area contributed by atoms with Crippen LogP contribution >= 0.6 is 0 Å². The summed E-state index contributed by atoms with van der Waals surface area (Å²) in [5.41, 5.74) is 5.96. The van der Waals surface area contributed by atoms with Crippen LogP contribution in [-0.4, -0.2) is 16.5 Å². The van der Waals surface area contributed by atoms with Gasteiger partial charge < -0.3 is 9.15 Å². The number of nitrogens with zero attached hydrogens (tertiary/aromatic N) is 2. The van der Waals surface area contributed by atoms with Gasteiger partial charge in [0, 0.05) is 23.6 Å². The van der Waals surface area contributed by atoms with Gasteiger partial charge in [-0.3, -0.25) is 10.1 Å². The molecule has 138 valence electrons. The van der Waals surface area contributed by atoms with Gasteiger partial charge in [0.25, 0.3) is 5.69 Å². The van der Waals surface area contributed by atoms with Crippen LogP contribution in [-0.2, 0) is 6.42 Å². The molecule has 1 aliphatic heterocycles. The zero-order valence-electron chi connectivity index (χ0n) is 15.1. The minimum absolute atomic E-state index is 0.0563. The lowest BCUT2D eigenvalue weighted by Gasteiger charge is -2.04. The summed E-state index contributed by atoms with van der Waals surface area (Å²) in [6.07, 6.45) is 0.922. The van der Waals surface area contributed by atoms with Gasteiger partial charge in [-0.15, -0.1) is 0 Å². The van der Waals surface area contributed by atoms with Crippen LogP contribution < -0.4 is 4.74 Å². The molecule has 0 radical (unpaired) electrons. The lowest BCUT2D eigenvalue weighted by atomic mass is 10.0. The van der Waals surface area contributed by atoms with Crippen LogP contribution in [0.15, 0.2) is 59.0 Å². The summed E-state index contributed by atoms with van der Waals surface area (Å²) >= 11 is 0. The Bertz CT molecular complexity index is 1240. The smallest absolute Gasteiger partial charge is 0.273 e. The van der Waals surface area contributed by atoms with E-state index in [1.165, 1.54) is 11.6 Å². The molecule has 5 rings (SSSR count). The standard InChI is InChI=1S/C22H16N2O4/c1-13-2-3-17(12-19(13)24(25)26)22-23-18-11-15(5-7-21(18)28-22)14-4-6-20-16(10-14)8-9-27-20/h2-7,10-12H,8-9H2,1H3. The van der Waals surface area contributed by atoms with Gasteiger partial charge in [0.2, 0.25) is 5.89 Å². The van der Waals surface area contributed by atoms with Crippen molar-refractivity contribution in [1.29, 1.82) is 0 Å². The highest BCUT2D eigenvalue weighted by Gasteiger charge is 2.17. The van der Waals surface area contributed by atoms with E-state index >= 15 is 0 Å². The highest BCUT2D eigenvalue weighted by Crippen LogP contribution is 2.33. The minimum Gasteiger partial charge on any atom is -0.493 e. The SMILES string of the molecule is Cc1ccc(-c2nc3cc(-c4ccc5c(c4)CCO5)ccc3o2)cc1[N+](=O)[O-]. The minimum atomic E-state index is -0.392. The van der Waals surface area contributed by atoms with E-state index in [-0.39, 0.29) is 5.69 Å². The molecule has 0 amide bonds. The Hall–Kier alpha value is -3.67. The van der Waals surface area contributed by atoms with E-state index in [1.54, 1.807) is 19.1 Å². The maximum Gasteiger partial charge on any atom is 0.273 e. The number of nitro groups is 1. The molecule has 6 nitrogen and oxygen atoms in total. The van der Waals surface area contributed by atoms with Gasteiger partial charge >= 0.3 is 0 Å². The molecule has 28 heavy (non-hydrogen) atoms. The number of hydrogen-bond donors (Lipinski definition) is 0. The van der Waals surface area contributed by atoms with Crippen LogP contribution in [0.1, 0.15) is 11.1 Å². The van der Waals surface area contributed by atoms with Gasteiger partial charge in [0.05, 0.1) is 11.5 Å². The predicted octanol–water partition coefficient (Wildman–Crippen LogP) is 5.31. The van der Waals surface area contributed by atoms with E-state index < -0.39 is 4.92 Å². The largest absolute Gasteiger partial charge is 0.493 e. The van der Waals surface area contributed by atoms with Crippen molar-refractivity contribution < 1.29 is 14.1 Å². The number of benzene rings is 3. The summed E-state index contributed by atoms with van der Waals surface area (Å²) in [6, 6.07) is 17.0. The first-order chi connectivity index (χ1) is 13.6. The Balaban J connectivity index is 1.56. The van der Waals surface area contributed by atoms with E-state index in [0.29, 0.717) is 28.1 Å². The Morgan fingerprint density at radius 3 is 2.64 bits per heavy atom. The van der Waals surface area contributed by atoms with Crippen molar-refractivity contribution >= 4 is 16.8 Å². The van der Waals surface area contributed by atoms with Crippen molar-refractivity contribution in [2.24, 2.45) is 0 Å². The summed E-state index contributed by atoms with van der Waals surface area (Å²) in [5, 5.41) is 11.2. The number of oxazole rings is 1. The lowest BCUT2D eigenvalue weighted by molar-refractivity contribution is -0.385. The van der Waals surface area contributed by atoms with Crippen molar-refractivity contribution in [3.63, 3.8) is 0 Å². The van der Waals surface area contributed by atoms with Gasteiger partial charge in [-0.25, -0.2) is 4.98 Å². The van der Waals surface area contributed by atoms with E-state index in [2.05, 4.69) is 11.1 Å². The summed E-state index contributed by atoms with van der Waals surface area (Å²) < 4.78 is 11.4. The average Bonchev–Trinajstić information content (AvgIpc) is 3.33. The molecular formula is C22H16N2O4. The molecule has 0 aliphatic carbocycles. The highest BCUT2D eigenvalue weighted by molar-refractivity contribution is 5.83. The van der Waals surface area contributed by atoms with Crippen molar-refractivity contribution in [1.82, 2.24) is 4.98 Å². The van der Waals surface area contributed by atoms with Crippen molar-refractivity contribution in [2.75, 3.05) is 6.61 Å². The summed E-state index contributed by atoms with van der Waals surface area (Å²) in [4.78, 5) is 15.4. The van der Waals surface area contributed by atoms with Gasteiger partial charge in [-0.05, 0) is 53.9 Å².